The molecule has 7 heteroatoms. The third-order valence-corrected chi connectivity index (χ3v) is 4.59. The molecule has 0 aliphatic rings. The Morgan fingerprint density at radius 2 is 2.08 bits per heavy atom. The van der Waals surface area contributed by atoms with Crippen LogP contribution in [0.4, 0.5) is 17.1 Å². The summed E-state index contributed by atoms with van der Waals surface area (Å²) in [5.41, 5.74) is 2.43. The molecule has 0 radical (unpaired) electrons. The summed E-state index contributed by atoms with van der Waals surface area (Å²) >= 11 is 1.34. The first kappa shape index (κ1) is 16.9. The molecule has 3 rings (SSSR count). The normalized spacial score (nSPS) is 11.0. The number of thiophene rings is 1. The van der Waals surface area contributed by atoms with E-state index in [9.17, 15) is 4.79 Å². The summed E-state index contributed by atoms with van der Waals surface area (Å²) in [5.74, 6) is 0.788. The minimum Gasteiger partial charge on any atom is -0.497 e. The Bertz CT molecular complexity index is 903. The van der Waals surface area contributed by atoms with Gasteiger partial charge in [-0.15, -0.1) is 11.3 Å². The van der Waals surface area contributed by atoms with Crippen molar-refractivity contribution in [1.82, 2.24) is 4.98 Å². The van der Waals surface area contributed by atoms with Gasteiger partial charge in [-0.3, -0.25) is 4.79 Å². The van der Waals surface area contributed by atoms with E-state index >= 15 is 0 Å². The lowest BCUT2D eigenvalue weighted by molar-refractivity contribution is 0.112. The number of fused-ring (bicyclic) bond motifs is 1. The third kappa shape index (κ3) is 3.61. The van der Waals surface area contributed by atoms with Gasteiger partial charge in [-0.2, -0.15) is 0 Å². The van der Waals surface area contributed by atoms with E-state index in [-0.39, 0.29) is 0 Å². The number of nitrogens with zero attached hydrogens (tertiary/aromatic N) is 2. The van der Waals surface area contributed by atoms with Gasteiger partial charge in [-0.1, -0.05) is 0 Å². The van der Waals surface area contributed by atoms with Crippen LogP contribution in [0.25, 0.3) is 10.2 Å². The number of carbonyl (C=O) groups excluding carboxylic acids is 1. The Morgan fingerprint density at radius 3 is 2.76 bits per heavy atom. The molecule has 0 amide bonds. The molecular weight excluding hydrogens is 336 g/mol. The number of aliphatic imine (C=N–C) groups is 1. The van der Waals surface area contributed by atoms with Crippen molar-refractivity contribution in [2.45, 2.75) is 6.92 Å². The minimum absolute atomic E-state index is 0.556. The molecule has 0 atom stereocenters. The largest absolute Gasteiger partial charge is 0.497 e. The molecule has 6 nitrogen and oxygen atoms in total. The number of aromatic nitrogens is 1. The Morgan fingerprint density at radius 1 is 1.28 bits per heavy atom. The number of rotatable bonds is 7. The summed E-state index contributed by atoms with van der Waals surface area (Å²) in [4.78, 5) is 21.6. The fourth-order valence-electron chi connectivity index (χ4n) is 2.43. The van der Waals surface area contributed by atoms with Crippen LogP contribution < -0.4 is 15.4 Å². The number of carbonyl (C=O) groups is 1. The number of hydrogen-bond acceptors (Lipinski definition) is 6. The van der Waals surface area contributed by atoms with Crippen LogP contribution in [0, 0.1) is 0 Å². The molecule has 1 aromatic carbocycles. The number of aldehydes is 1. The molecule has 0 spiro atoms. The van der Waals surface area contributed by atoms with Gasteiger partial charge in [-0.05, 0) is 37.3 Å². The van der Waals surface area contributed by atoms with Gasteiger partial charge in [0, 0.05) is 24.1 Å². The molecule has 3 aromatic rings. The number of hydrogen-bond donors (Lipinski definition) is 2. The van der Waals surface area contributed by atoms with Crippen molar-refractivity contribution in [3.05, 3.63) is 41.4 Å². The third-order valence-electron chi connectivity index (χ3n) is 3.58. The molecule has 0 unspecified atom stereocenters. The molecule has 0 saturated heterocycles. The predicted molar refractivity (Wildman–Crippen MR) is 104 cm³/mol. The van der Waals surface area contributed by atoms with Crippen LogP contribution in [0.1, 0.15) is 16.6 Å². The lowest BCUT2D eigenvalue weighted by Gasteiger charge is -2.05. The summed E-state index contributed by atoms with van der Waals surface area (Å²) in [5, 5.41) is 7.26. The predicted octanol–water partition coefficient (Wildman–Crippen LogP) is 4.32. The maximum Gasteiger partial charge on any atom is 0.162 e. The van der Waals surface area contributed by atoms with Crippen LogP contribution in [0.3, 0.4) is 0 Å². The average molecular weight is 354 g/mol. The first-order valence-electron chi connectivity index (χ1n) is 7.80. The summed E-state index contributed by atoms with van der Waals surface area (Å²) in [6.45, 7) is 2.80. The second-order valence-electron chi connectivity index (χ2n) is 5.13. The van der Waals surface area contributed by atoms with E-state index in [1.165, 1.54) is 11.3 Å². The zero-order valence-corrected chi connectivity index (χ0v) is 14.8. The Labute approximate surface area is 149 Å². The molecule has 2 heterocycles. The molecule has 0 fully saturated rings. The lowest BCUT2D eigenvalue weighted by atomic mass is 10.2. The SMILES string of the molecule is CCNc1ccnc2sc(C=O)c(N=CNc3ccc(OC)cc3)c12. The molecule has 0 bridgehead atoms. The fraction of sp³-hybridized carbons (Fsp3) is 0.167. The number of pyridine rings is 1. The van der Waals surface area contributed by atoms with Crippen molar-refractivity contribution in [3.63, 3.8) is 0 Å². The van der Waals surface area contributed by atoms with Crippen molar-refractivity contribution in [2.75, 3.05) is 24.3 Å². The van der Waals surface area contributed by atoms with Crippen molar-refractivity contribution in [2.24, 2.45) is 4.99 Å². The van der Waals surface area contributed by atoms with Crippen LogP contribution in [-0.4, -0.2) is 31.3 Å². The van der Waals surface area contributed by atoms with E-state index in [0.29, 0.717) is 10.6 Å². The maximum atomic E-state index is 11.4. The highest BCUT2D eigenvalue weighted by atomic mass is 32.1. The fourth-order valence-corrected chi connectivity index (χ4v) is 3.36. The van der Waals surface area contributed by atoms with Crippen LogP contribution in [0.2, 0.25) is 0 Å². The van der Waals surface area contributed by atoms with E-state index in [1.807, 2.05) is 37.3 Å². The summed E-state index contributed by atoms with van der Waals surface area (Å²) < 4.78 is 5.13. The Kier molecular flexibility index (Phi) is 5.25. The van der Waals surface area contributed by atoms with E-state index in [4.69, 9.17) is 4.74 Å². The molecule has 25 heavy (non-hydrogen) atoms. The summed E-state index contributed by atoms with van der Waals surface area (Å²) in [7, 11) is 1.63. The zero-order valence-electron chi connectivity index (χ0n) is 13.9. The van der Waals surface area contributed by atoms with Crippen molar-refractivity contribution in [1.29, 1.82) is 0 Å². The number of nitrogens with one attached hydrogen (secondary N) is 2. The molecule has 2 aromatic heterocycles. The van der Waals surface area contributed by atoms with Crippen LogP contribution in [0.15, 0.2) is 41.5 Å². The molecule has 0 saturated carbocycles. The van der Waals surface area contributed by atoms with Gasteiger partial charge in [0.15, 0.2) is 6.29 Å². The monoisotopic (exact) mass is 354 g/mol. The standard InChI is InChI=1S/C18H18N4O2S/c1-3-19-14-8-9-20-18-16(14)17(15(10-23)25-18)22-11-21-12-4-6-13(24-2)7-5-12/h4-11H,3H2,1-2H3,(H,19,20)(H,21,22). The van der Waals surface area contributed by atoms with Crippen LogP contribution in [-0.2, 0) is 0 Å². The van der Waals surface area contributed by atoms with Crippen molar-refractivity contribution < 1.29 is 9.53 Å². The zero-order chi connectivity index (χ0) is 17.6. The summed E-state index contributed by atoms with van der Waals surface area (Å²) in [6, 6.07) is 9.40. The van der Waals surface area contributed by atoms with E-state index in [1.54, 1.807) is 19.6 Å². The highest BCUT2D eigenvalue weighted by Gasteiger charge is 2.15. The van der Waals surface area contributed by atoms with E-state index < -0.39 is 0 Å². The average Bonchev–Trinajstić information content (AvgIpc) is 3.01. The van der Waals surface area contributed by atoms with E-state index in [0.717, 1.165) is 40.2 Å². The highest BCUT2D eigenvalue weighted by molar-refractivity contribution is 7.21. The topological polar surface area (TPSA) is 75.6 Å². The smallest absolute Gasteiger partial charge is 0.162 e. The molecule has 2 N–H and O–H groups in total. The molecule has 0 aliphatic carbocycles. The van der Waals surface area contributed by atoms with Gasteiger partial charge in [0.25, 0.3) is 0 Å². The first-order chi connectivity index (χ1) is 12.3. The van der Waals surface area contributed by atoms with Crippen molar-refractivity contribution in [3.8, 4) is 5.75 Å². The van der Waals surface area contributed by atoms with Gasteiger partial charge in [0.1, 0.15) is 10.6 Å². The Balaban J connectivity index is 1.92. The Hall–Kier alpha value is -2.93. The number of ether oxygens (including phenoxy) is 1. The number of methoxy groups -OCH3 is 1. The van der Waals surface area contributed by atoms with Crippen LogP contribution in [0.5, 0.6) is 5.75 Å². The minimum atomic E-state index is 0.556. The maximum absolute atomic E-state index is 11.4. The number of benzene rings is 1. The van der Waals surface area contributed by atoms with Crippen molar-refractivity contribution >= 4 is 51.2 Å². The molecular formula is C18H18N4O2S. The second-order valence-corrected chi connectivity index (χ2v) is 6.16. The van der Waals surface area contributed by atoms with Gasteiger partial charge in [0.2, 0.25) is 0 Å². The van der Waals surface area contributed by atoms with Gasteiger partial charge >= 0.3 is 0 Å². The molecule has 128 valence electrons. The quantitative estimate of drug-likeness (QED) is 0.375. The van der Waals surface area contributed by atoms with Gasteiger partial charge in [0.05, 0.1) is 29.4 Å². The van der Waals surface area contributed by atoms with Gasteiger partial charge < -0.3 is 15.4 Å². The highest BCUT2D eigenvalue weighted by Crippen LogP contribution is 2.39. The van der Waals surface area contributed by atoms with Gasteiger partial charge in [-0.25, -0.2) is 9.98 Å². The molecule has 0 aliphatic heterocycles. The lowest BCUT2D eigenvalue weighted by Crippen LogP contribution is -1.97. The van der Waals surface area contributed by atoms with Crippen LogP contribution >= 0.6 is 11.3 Å². The van der Waals surface area contributed by atoms with E-state index in [2.05, 4.69) is 20.6 Å². The summed E-state index contributed by atoms with van der Waals surface area (Å²) in [6.07, 6.45) is 4.13. The second kappa shape index (κ2) is 7.76. The first-order valence-corrected chi connectivity index (χ1v) is 8.62. The number of anilines is 2.